The number of ether oxygens (including phenoxy) is 1. The third kappa shape index (κ3) is 2.21. The molecule has 3 heteroatoms. The highest BCUT2D eigenvalue weighted by atomic mass is 16.5. The fourth-order valence-corrected chi connectivity index (χ4v) is 1.61. The third-order valence-corrected chi connectivity index (χ3v) is 2.73. The lowest BCUT2D eigenvalue weighted by Gasteiger charge is -2.21. The second kappa shape index (κ2) is 3.66. The first-order chi connectivity index (χ1) is 6.33. The third-order valence-electron chi connectivity index (χ3n) is 2.73. The Morgan fingerprint density at radius 2 is 2.08 bits per heavy atom. The van der Waals surface area contributed by atoms with Gasteiger partial charge in [0.25, 0.3) is 0 Å². The Balaban J connectivity index is 1.83. The molecule has 0 spiro atoms. The second-order valence-electron chi connectivity index (χ2n) is 4.03. The Hall–Kier alpha value is -0.570. The van der Waals surface area contributed by atoms with Crippen LogP contribution in [0.2, 0.25) is 0 Å². The van der Waals surface area contributed by atoms with Crippen molar-refractivity contribution < 1.29 is 9.53 Å². The SMILES string of the molecule is COCCN(C(=O)C1CC1)C1CC1. The lowest BCUT2D eigenvalue weighted by Crippen LogP contribution is -2.36. The first-order valence-corrected chi connectivity index (χ1v) is 5.12. The van der Waals surface area contributed by atoms with E-state index in [9.17, 15) is 4.79 Å². The van der Waals surface area contributed by atoms with E-state index in [1.165, 1.54) is 12.8 Å². The summed E-state index contributed by atoms with van der Waals surface area (Å²) in [6, 6.07) is 0.545. The second-order valence-corrected chi connectivity index (χ2v) is 4.03. The number of nitrogens with zero attached hydrogens (tertiary/aromatic N) is 1. The maximum atomic E-state index is 11.8. The topological polar surface area (TPSA) is 29.5 Å². The van der Waals surface area contributed by atoms with Crippen LogP contribution in [0.1, 0.15) is 25.7 Å². The zero-order valence-corrected chi connectivity index (χ0v) is 8.16. The maximum Gasteiger partial charge on any atom is 0.226 e. The molecule has 0 bridgehead atoms. The van der Waals surface area contributed by atoms with Gasteiger partial charge in [-0.25, -0.2) is 0 Å². The summed E-state index contributed by atoms with van der Waals surface area (Å²) in [4.78, 5) is 13.8. The van der Waals surface area contributed by atoms with Crippen LogP contribution in [-0.4, -0.2) is 37.1 Å². The van der Waals surface area contributed by atoms with Crippen LogP contribution in [0.15, 0.2) is 0 Å². The largest absolute Gasteiger partial charge is 0.383 e. The fourth-order valence-electron chi connectivity index (χ4n) is 1.61. The minimum absolute atomic E-state index is 0.359. The number of methoxy groups -OCH3 is 1. The Bertz CT molecular complexity index is 197. The number of hydrogen-bond acceptors (Lipinski definition) is 2. The van der Waals surface area contributed by atoms with Crippen LogP contribution in [0.25, 0.3) is 0 Å². The van der Waals surface area contributed by atoms with Gasteiger partial charge in [0, 0.05) is 25.6 Å². The van der Waals surface area contributed by atoms with Crippen LogP contribution in [0, 0.1) is 5.92 Å². The normalized spacial score (nSPS) is 21.6. The average Bonchev–Trinajstić information content (AvgIpc) is 2.98. The van der Waals surface area contributed by atoms with E-state index in [0.29, 0.717) is 24.5 Å². The summed E-state index contributed by atoms with van der Waals surface area (Å²) in [5.74, 6) is 0.733. The maximum absolute atomic E-state index is 11.8. The Kier molecular flexibility index (Phi) is 2.54. The van der Waals surface area contributed by atoms with Gasteiger partial charge in [0.15, 0.2) is 0 Å². The molecule has 2 aliphatic rings. The average molecular weight is 183 g/mol. The summed E-state index contributed by atoms with van der Waals surface area (Å²) < 4.78 is 5.01. The number of hydrogen-bond donors (Lipinski definition) is 0. The van der Waals surface area contributed by atoms with E-state index in [1.54, 1.807) is 7.11 Å². The molecule has 0 saturated heterocycles. The van der Waals surface area contributed by atoms with Crippen molar-refractivity contribution in [3.63, 3.8) is 0 Å². The molecule has 2 aliphatic carbocycles. The summed E-state index contributed by atoms with van der Waals surface area (Å²) in [6.07, 6.45) is 4.61. The highest BCUT2D eigenvalue weighted by Gasteiger charge is 2.39. The molecular formula is C10H17NO2. The lowest BCUT2D eigenvalue weighted by atomic mass is 10.3. The standard InChI is InChI=1S/C10H17NO2/c1-13-7-6-11(9-4-5-9)10(12)8-2-3-8/h8-9H,2-7H2,1H3. The van der Waals surface area contributed by atoms with Crippen LogP contribution in [0.5, 0.6) is 0 Å². The summed E-state index contributed by atoms with van der Waals surface area (Å²) in [5, 5.41) is 0. The Morgan fingerprint density at radius 1 is 1.38 bits per heavy atom. The minimum atomic E-state index is 0.359. The van der Waals surface area contributed by atoms with Gasteiger partial charge in [0.05, 0.1) is 6.61 Å². The predicted molar refractivity (Wildman–Crippen MR) is 49.3 cm³/mol. The van der Waals surface area contributed by atoms with Gasteiger partial charge >= 0.3 is 0 Å². The zero-order valence-electron chi connectivity index (χ0n) is 8.16. The van der Waals surface area contributed by atoms with Crippen molar-refractivity contribution in [1.29, 1.82) is 0 Å². The molecule has 2 fully saturated rings. The van der Waals surface area contributed by atoms with Crippen molar-refractivity contribution in [1.82, 2.24) is 4.90 Å². The van der Waals surface area contributed by atoms with Crippen molar-refractivity contribution in [2.24, 2.45) is 5.92 Å². The summed E-state index contributed by atoms with van der Waals surface area (Å²) in [6.45, 7) is 1.46. The van der Waals surface area contributed by atoms with E-state index in [4.69, 9.17) is 4.74 Å². The van der Waals surface area contributed by atoms with Crippen LogP contribution in [0.4, 0.5) is 0 Å². The van der Waals surface area contributed by atoms with Crippen LogP contribution in [0.3, 0.4) is 0 Å². The number of carbonyl (C=O) groups excluding carboxylic acids is 1. The van der Waals surface area contributed by atoms with E-state index in [-0.39, 0.29) is 0 Å². The minimum Gasteiger partial charge on any atom is -0.383 e. The molecule has 13 heavy (non-hydrogen) atoms. The Morgan fingerprint density at radius 3 is 2.54 bits per heavy atom. The number of rotatable bonds is 5. The molecule has 0 aromatic carbocycles. The van der Waals surface area contributed by atoms with E-state index >= 15 is 0 Å². The molecular weight excluding hydrogens is 166 g/mol. The monoisotopic (exact) mass is 183 g/mol. The first kappa shape index (κ1) is 9.00. The van der Waals surface area contributed by atoms with Gasteiger partial charge in [-0.1, -0.05) is 0 Å². The summed E-state index contributed by atoms with van der Waals surface area (Å²) >= 11 is 0. The molecule has 0 atom stereocenters. The van der Waals surface area contributed by atoms with Crippen molar-refractivity contribution in [2.75, 3.05) is 20.3 Å². The van der Waals surface area contributed by atoms with Crippen molar-refractivity contribution >= 4 is 5.91 Å². The molecule has 0 aromatic heterocycles. The highest BCUT2D eigenvalue weighted by molar-refractivity contribution is 5.81. The molecule has 0 radical (unpaired) electrons. The van der Waals surface area contributed by atoms with Crippen molar-refractivity contribution in [3.05, 3.63) is 0 Å². The zero-order chi connectivity index (χ0) is 9.26. The molecule has 0 aliphatic heterocycles. The molecule has 1 amide bonds. The quantitative estimate of drug-likeness (QED) is 0.637. The van der Waals surface area contributed by atoms with Gasteiger partial charge < -0.3 is 9.64 Å². The van der Waals surface area contributed by atoms with Gasteiger partial charge in [-0.05, 0) is 25.7 Å². The van der Waals surface area contributed by atoms with E-state index in [2.05, 4.69) is 0 Å². The van der Waals surface area contributed by atoms with Crippen LogP contribution >= 0.6 is 0 Å². The van der Waals surface area contributed by atoms with Crippen LogP contribution < -0.4 is 0 Å². The molecule has 3 nitrogen and oxygen atoms in total. The molecule has 2 rings (SSSR count). The fraction of sp³-hybridized carbons (Fsp3) is 0.900. The van der Waals surface area contributed by atoms with E-state index in [0.717, 1.165) is 19.4 Å². The van der Waals surface area contributed by atoms with Gasteiger partial charge in [0.2, 0.25) is 5.91 Å². The van der Waals surface area contributed by atoms with Gasteiger partial charge in [0.1, 0.15) is 0 Å². The predicted octanol–water partition coefficient (Wildman–Crippen LogP) is 1.03. The summed E-state index contributed by atoms with van der Waals surface area (Å²) in [7, 11) is 1.69. The number of carbonyl (C=O) groups is 1. The highest BCUT2D eigenvalue weighted by Crippen LogP contribution is 2.35. The molecule has 2 saturated carbocycles. The van der Waals surface area contributed by atoms with Gasteiger partial charge in [-0.3, -0.25) is 4.79 Å². The molecule has 74 valence electrons. The van der Waals surface area contributed by atoms with Crippen LogP contribution in [-0.2, 0) is 9.53 Å². The van der Waals surface area contributed by atoms with E-state index in [1.807, 2.05) is 4.90 Å². The van der Waals surface area contributed by atoms with Gasteiger partial charge in [-0.15, -0.1) is 0 Å². The van der Waals surface area contributed by atoms with E-state index < -0.39 is 0 Å². The van der Waals surface area contributed by atoms with Crippen molar-refractivity contribution in [2.45, 2.75) is 31.7 Å². The molecule has 0 unspecified atom stereocenters. The smallest absolute Gasteiger partial charge is 0.226 e. The first-order valence-electron chi connectivity index (χ1n) is 5.12. The van der Waals surface area contributed by atoms with Gasteiger partial charge in [-0.2, -0.15) is 0 Å². The molecule has 0 aromatic rings. The lowest BCUT2D eigenvalue weighted by molar-refractivity contribution is -0.133. The molecule has 0 heterocycles. The Labute approximate surface area is 79.0 Å². The molecule has 0 N–H and O–H groups in total. The van der Waals surface area contributed by atoms with Crippen molar-refractivity contribution in [3.8, 4) is 0 Å². The summed E-state index contributed by atoms with van der Waals surface area (Å²) in [5.41, 5.74) is 0. The number of amides is 1.